The molecular weight excluding hydrogens is 396 g/mol. The number of Topliss-reactive ketones (excluding diaryl/α,β-unsaturated/α-hetero) is 2. The van der Waals surface area contributed by atoms with Gasteiger partial charge in [0.2, 0.25) is 5.78 Å². The standard InChI is InChI=1S/C22H17ClO6/c1-2-28-21(26)22(27)11-16(12-6-5-7-13(23)10-12)17-18(24)14-8-3-4-9-15(14)19(25)20(17)29-22/h3-10,16,27H,2,11H2,1H3/t16-,22?/m1/s1. The number of ether oxygens (including phenoxy) is 2. The van der Waals surface area contributed by atoms with Gasteiger partial charge in [-0.3, -0.25) is 9.59 Å². The van der Waals surface area contributed by atoms with Crippen molar-refractivity contribution in [1.29, 1.82) is 0 Å². The maximum Gasteiger partial charge on any atom is 0.379 e. The maximum absolute atomic E-state index is 13.3. The number of halogens is 1. The molecule has 2 aromatic carbocycles. The first-order valence-corrected chi connectivity index (χ1v) is 9.50. The minimum atomic E-state index is -2.40. The summed E-state index contributed by atoms with van der Waals surface area (Å²) in [5.74, 6) is -5.48. The Labute approximate surface area is 171 Å². The number of benzene rings is 2. The minimum absolute atomic E-state index is 0.0218. The van der Waals surface area contributed by atoms with Crippen LogP contribution >= 0.6 is 11.6 Å². The van der Waals surface area contributed by atoms with Gasteiger partial charge < -0.3 is 14.6 Å². The summed E-state index contributed by atoms with van der Waals surface area (Å²) in [6, 6.07) is 13.1. The predicted octanol–water partition coefficient (Wildman–Crippen LogP) is 3.43. The van der Waals surface area contributed by atoms with Gasteiger partial charge in [-0.25, -0.2) is 4.79 Å². The molecule has 1 aliphatic carbocycles. The van der Waals surface area contributed by atoms with Crippen molar-refractivity contribution in [3.8, 4) is 0 Å². The Morgan fingerprint density at radius 3 is 2.52 bits per heavy atom. The Hall–Kier alpha value is -2.96. The lowest BCUT2D eigenvalue weighted by Crippen LogP contribution is -2.49. The summed E-state index contributed by atoms with van der Waals surface area (Å²) >= 11 is 6.12. The van der Waals surface area contributed by atoms with Crippen LogP contribution in [-0.2, 0) is 14.3 Å². The van der Waals surface area contributed by atoms with Gasteiger partial charge in [0, 0.05) is 28.5 Å². The number of rotatable bonds is 3. The molecule has 2 aromatic rings. The highest BCUT2D eigenvalue weighted by atomic mass is 35.5. The molecule has 0 fully saturated rings. The average Bonchev–Trinajstić information content (AvgIpc) is 2.71. The molecule has 0 saturated heterocycles. The van der Waals surface area contributed by atoms with Crippen LogP contribution in [-0.4, -0.2) is 35.0 Å². The molecule has 0 saturated carbocycles. The highest BCUT2D eigenvalue weighted by Crippen LogP contribution is 2.46. The number of esters is 1. The van der Waals surface area contributed by atoms with Crippen LogP contribution in [0.4, 0.5) is 0 Å². The van der Waals surface area contributed by atoms with Crippen molar-refractivity contribution < 1.29 is 29.0 Å². The summed E-state index contributed by atoms with van der Waals surface area (Å²) in [4.78, 5) is 38.8. The zero-order valence-corrected chi connectivity index (χ0v) is 16.2. The van der Waals surface area contributed by atoms with E-state index < -0.39 is 23.5 Å². The van der Waals surface area contributed by atoms with E-state index in [4.69, 9.17) is 21.1 Å². The number of hydrogen-bond donors (Lipinski definition) is 1. The minimum Gasteiger partial charge on any atom is -0.461 e. The van der Waals surface area contributed by atoms with Crippen LogP contribution in [0, 0.1) is 0 Å². The summed E-state index contributed by atoms with van der Waals surface area (Å²) in [5, 5.41) is 11.4. The second kappa shape index (κ2) is 7.13. The van der Waals surface area contributed by atoms with Gasteiger partial charge >= 0.3 is 11.8 Å². The first-order valence-electron chi connectivity index (χ1n) is 9.12. The van der Waals surface area contributed by atoms with Crippen molar-refractivity contribution in [3.63, 3.8) is 0 Å². The van der Waals surface area contributed by atoms with Crippen molar-refractivity contribution in [2.75, 3.05) is 6.61 Å². The fourth-order valence-electron chi connectivity index (χ4n) is 3.76. The first-order chi connectivity index (χ1) is 13.9. The molecule has 1 aliphatic heterocycles. The summed E-state index contributed by atoms with van der Waals surface area (Å²) in [6.45, 7) is 1.61. The third-order valence-electron chi connectivity index (χ3n) is 5.06. The Bertz CT molecular complexity index is 1070. The lowest BCUT2D eigenvalue weighted by molar-refractivity contribution is -0.220. The highest BCUT2D eigenvalue weighted by Gasteiger charge is 2.53. The fourth-order valence-corrected chi connectivity index (χ4v) is 3.95. The van der Waals surface area contributed by atoms with Crippen molar-refractivity contribution in [1.82, 2.24) is 0 Å². The van der Waals surface area contributed by atoms with Crippen LogP contribution < -0.4 is 0 Å². The Morgan fingerprint density at radius 1 is 1.17 bits per heavy atom. The van der Waals surface area contributed by atoms with Crippen LogP contribution in [0.3, 0.4) is 0 Å². The number of hydrogen-bond acceptors (Lipinski definition) is 6. The molecule has 0 amide bonds. The van der Waals surface area contributed by atoms with E-state index in [1.165, 1.54) is 6.07 Å². The van der Waals surface area contributed by atoms with Crippen LogP contribution in [0.25, 0.3) is 0 Å². The zero-order valence-electron chi connectivity index (χ0n) is 15.5. The molecule has 1 unspecified atom stereocenters. The number of fused-ring (bicyclic) bond motifs is 1. The zero-order chi connectivity index (χ0) is 20.8. The largest absolute Gasteiger partial charge is 0.461 e. The topological polar surface area (TPSA) is 89.9 Å². The van der Waals surface area contributed by atoms with E-state index in [1.807, 2.05) is 0 Å². The number of allylic oxidation sites excluding steroid dienone is 2. The average molecular weight is 413 g/mol. The van der Waals surface area contributed by atoms with Crippen LogP contribution in [0.2, 0.25) is 5.02 Å². The van der Waals surface area contributed by atoms with Gasteiger partial charge in [-0.2, -0.15) is 0 Å². The molecule has 1 N–H and O–H groups in total. The summed E-state index contributed by atoms with van der Waals surface area (Å²) < 4.78 is 10.4. The van der Waals surface area contributed by atoms with E-state index in [0.717, 1.165) is 0 Å². The van der Waals surface area contributed by atoms with Gasteiger partial charge in [0.25, 0.3) is 0 Å². The van der Waals surface area contributed by atoms with E-state index in [9.17, 15) is 19.5 Å². The molecule has 2 aliphatic rings. The maximum atomic E-state index is 13.3. The van der Waals surface area contributed by atoms with E-state index in [-0.39, 0.29) is 41.3 Å². The van der Waals surface area contributed by atoms with Crippen molar-refractivity contribution >= 4 is 29.1 Å². The molecule has 0 aromatic heterocycles. The SMILES string of the molecule is CCOC(=O)C1(O)C[C@H](c2cccc(Cl)c2)C2=C(O1)C(=O)c1ccccc1C2=O. The van der Waals surface area contributed by atoms with Crippen molar-refractivity contribution in [2.24, 2.45) is 0 Å². The second-order valence-corrected chi connectivity index (χ2v) is 7.30. The number of ketones is 2. The van der Waals surface area contributed by atoms with Gasteiger partial charge in [-0.15, -0.1) is 0 Å². The molecule has 0 radical (unpaired) electrons. The fraction of sp³-hybridized carbons (Fsp3) is 0.227. The van der Waals surface area contributed by atoms with Gasteiger partial charge in [0.15, 0.2) is 11.5 Å². The van der Waals surface area contributed by atoms with E-state index >= 15 is 0 Å². The Kier molecular flexibility index (Phi) is 4.76. The smallest absolute Gasteiger partial charge is 0.379 e. The highest BCUT2D eigenvalue weighted by molar-refractivity contribution is 6.30. The molecule has 7 heteroatoms. The number of aliphatic hydroxyl groups is 1. The van der Waals surface area contributed by atoms with Crippen molar-refractivity contribution in [2.45, 2.75) is 25.0 Å². The Morgan fingerprint density at radius 2 is 1.86 bits per heavy atom. The van der Waals surface area contributed by atoms with Gasteiger partial charge in [-0.1, -0.05) is 48.0 Å². The molecule has 6 nitrogen and oxygen atoms in total. The van der Waals surface area contributed by atoms with Crippen LogP contribution in [0.5, 0.6) is 0 Å². The quantitative estimate of drug-likeness (QED) is 0.777. The third-order valence-corrected chi connectivity index (χ3v) is 5.29. The molecule has 2 atom stereocenters. The summed E-state index contributed by atoms with van der Waals surface area (Å²) in [6.07, 6.45) is -0.286. The number of carbonyl (C=O) groups is 3. The number of carbonyl (C=O) groups excluding carboxylic acids is 3. The van der Waals surface area contributed by atoms with Gasteiger partial charge in [0.1, 0.15) is 0 Å². The summed E-state index contributed by atoms with van der Waals surface area (Å²) in [7, 11) is 0. The molecule has 0 bridgehead atoms. The second-order valence-electron chi connectivity index (χ2n) is 6.87. The molecule has 1 heterocycles. The lowest BCUT2D eigenvalue weighted by Gasteiger charge is -2.39. The van der Waals surface area contributed by atoms with Gasteiger partial charge in [-0.05, 0) is 24.6 Å². The van der Waals surface area contributed by atoms with E-state index in [2.05, 4.69) is 0 Å². The van der Waals surface area contributed by atoms with Crippen molar-refractivity contribution in [3.05, 3.63) is 81.6 Å². The third kappa shape index (κ3) is 3.14. The van der Waals surface area contributed by atoms with E-state index in [0.29, 0.717) is 10.6 Å². The molecular formula is C22H17ClO6. The normalized spacial score (nSPS) is 23.2. The Balaban J connectivity index is 1.91. The summed E-state index contributed by atoms with van der Waals surface area (Å²) in [5.41, 5.74) is 1.10. The van der Waals surface area contributed by atoms with Gasteiger partial charge in [0.05, 0.1) is 12.2 Å². The van der Waals surface area contributed by atoms with E-state index in [1.54, 1.807) is 49.4 Å². The monoisotopic (exact) mass is 412 g/mol. The molecule has 4 rings (SSSR count). The van der Waals surface area contributed by atoms with Crippen LogP contribution in [0.1, 0.15) is 45.5 Å². The molecule has 148 valence electrons. The molecule has 29 heavy (non-hydrogen) atoms. The predicted molar refractivity (Wildman–Crippen MR) is 104 cm³/mol. The first kappa shape index (κ1) is 19.4. The van der Waals surface area contributed by atoms with Crippen LogP contribution in [0.15, 0.2) is 59.9 Å². The lowest BCUT2D eigenvalue weighted by atomic mass is 9.75. The molecule has 0 spiro atoms.